The van der Waals surface area contributed by atoms with Crippen LogP contribution in [0.4, 0.5) is 5.69 Å². The van der Waals surface area contributed by atoms with Gasteiger partial charge in [0.05, 0.1) is 16.3 Å². The third-order valence-corrected chi connectivity index (χ3v) is 3.24. The van der Waals surface area contributed by atoms with Crippen molar-refractivity contribution in [1.82, 2.24) is 15.2 Å². The van der Waals surface area contributed by atoms with Gasteiger partial charge in [-0.2, -0.15) is 10.2 Å². The average Bonchev–Trinajstić information content (AvgIpc) is 2.82. The van der Waals surface area contributed by atoms with Gasteiger partial charge < -0.3 is 0 Å². The molecule has 1 aromatic heterocycles. The minimum Gasteiger partial charge on any atom is -0.271 e. The first-order valence-corrected chi connectivity index (χ1v) is 6.96. The summed E-state index contributed by atoms with van der Waals surface area (Å²) in [7, 11) is 0. The molecule has 1 aromatic carbocycles. The fourth-order valence-corrected chi connectivity index (χ4v) is 2.04. The number of hydrogen-bond donors (Lipinski definition) is 1. The molecule has 0 saturated heterocycles. The zero-order valence-electron chi connectivity index (χ0n) is 13.1. The maximum absolute atomic E-state index is 11.9. The highest BCUT2D eigenvalue weighted by Gasteiger charge is 2.08. The van der Waals surface area contributed by atoms with Gasteiger partial charge in [-0.05, 0) is 44.5 Å². The van der Waals surface area contributed by atoms with Gasteiger partial charge in [0.1, 0.15) is 6.54 Å². The molecule has 0 unspecified atom stereocenters. The van der Waals surface area contributed by atoms with Crippen LogP contribution in [0.5, 0.6) is 0 Å². The van der Waals surface area contributed by atoms with Crippen molar-refractivity contribution in [3.05, 3.63) is 57.4 Å². The highest BCUT2D eigenvalue weighted by molar-refractivity contribution is 5.99. The van der Waals surface area contributed by atoms with Crippen LogP contribution in [0.25, 0.3) is 0 Å². The Hall–Kier alpha value is -3.03. The minimum atomic E-state index is -0.466. The minimum absolute atomic E-state index is 0.00936. The summed E-state index contributed by atoms with van der Waals surface area (Å²) < 4.78 is 1.60. The lowest BCUT2D eigenvalue weighted by atomic mass is 10.1. The molecule has 8 heteroatoms. The molecule has 0 saturated carbocycles. The summed E-state index contributed by atoms with van der Waals surface area (Å²) in [5, 5.41) is 18.8. The van der Waals surface area contributed by atoms with Crippen molar-refractivity contribution in [3.8, 4) is 0 Å². The Morgan fingerprint density at radius 1 is 1.35 bits per heavy atom. The summed E-state index contributed by atoms with van der Waals surface area (Å²) in [6, 6.07) is 7.85. The number of nitrogens with one attached hydrogen (secondary N) is 1. The van der Waals surface area contributed by atoms with E-state index in [1.165, 1.54) is 12.1 Å². The van der Waals surface area contributed by atoms with Crippen molar-refractivity contribution >= 4 is 17.3 Å². The molecule has 2 rings (SSSR count). The molecule has 120 valence electrons. The van der Waals surface area contributed by atoms with Gasteiger partial charge in [0.15, 0.2) is 0 Å². The summed E-state index contributed by atoms with van der Waals surface area (Å²) in [5.74, 6) is -0.294. The van der Waals surface area contributed by atoms with Crippen LogP contribution in [0.15, 0.2) is 35.4 Å². The molecule has 0 aliphatic carbocycles. The third kappa shape index (κ3) is 4.22. The molecule has 1 heterocycles. The lowest BCUT2D eigenvalue weighted by Gasteiger charge is -2.04. The lowest BCUT2D eigenvalue weighted by Crippen LogP contribution is -2.25. The first kappa shape index (κ1) is 16.3. The van der Waals surface area contributed by atoms with Gasteiger partial charge in [0, 0.05) is 17.8 Å². The van der Waals surface area contributed by atoms with Gasteiger partial charge in [-0.15, -0.1) is 0 Å². The predicted octanol–water partition coefficient (Wildman–Crippen LogP) is 1.95. The van der Waals surface area contributed by atoms with Crippen molar-refractivity contribution in [1.29, 1.82) is 0 Å². The van der Waals surface area contributed by atoms with Crippen molar-refractivity contribution in [3.63, 3.8) is 0 Å². The molecule has 0 bridgehead atoms. The molecular formula is C15H17N5O3. The standard InChI is InChI=1S/C15H17N5O3/c1-10-8-11(2)19(18-10)9-15(21)17-16-12(3)13-4-6-14(7-5-13)20(22)23/h4-8H,9H2,1-3H3,(H,17,21). The van der Waals surface area contributed by atoms with E-state index in [4.69, 9.17) is 0 Å². The Balaban J connectivity index is 1.99. The lowest BCUT2D eigenvalue weighted by molar-refractivity contribution is -0.384. The fraction of sp³-hybridized carbons (Fsp3) is 0.267. The van der Waals surface area contributed by atoms with Gasteiger partial charge in [-0.3, -0.25) is 19.6 Å². The van der Waals surface area contributed by atoms with E-state index in [1.807, 2.05) is 19.9 Å². The van der Waals surface area contributed by atoms with E-state index in [0.717, 1.165) is 11.4 Å². The van der Waals surface area contributed by atoms with Crippen LogP contribution < -0.4 is 5.43 Å². The predicted molar refractivity (Wildman–Crippen MR) is 85.2 cm³/mol. The number of carbonyl (C=O) groups is 1. The fourth-order valence-electron chi connectivity index (χ4n) is 2.04. The first-order chi connectivity index (χ1) is 10.9. The number of aryl methyl sites for hydroxylation is 2. The smallest absolute Gasteiger partial charge is 0.269 e. The number of aromatic nitrogens is 2. The van der Waals surface area contributed by atoms with Gasteiger partial charge in [0.2, 0.25) is 0 Å². The molecule has 0 atom stereocenters. The van der Waals surface area contributed by atoms with Crippen LogP contribution in [-0.2, 0) is 11.3 Å². The van der Waals surface area contributed by atoms with E-state index in [1.54, 1.807) is 23.7 Å². The number of rotatable bonds is 5. The number of hydrazone groups is 1. The molecule has 0 aliphatic rings. The highest BCUT2D eigenvalue weighted by atomic mass is 16.6. The second-order valence-electron chi connectivity index (χ2n) is 5.12. The van der Waals surface area contributed by atoms with E-state index in [0.29, 0.717) is 11.3 Å². The summed E-state index contributed by atoms with van der Waals surface area (Å²) >= 11 is 0. The number of carbonyl (C=O) groups excluding carboxylic acids is 1. The Morgan fingerprint density at radius 3 is 2.52 bits per heavy atom. The maximum Gasteiger partial charge on any atom is 0.269 e. The Bertz CT molecular complexity index is 762. The molecule has 2 aromatic rings. The molecule has 0 spiro atoms. The summed E-state index contributed by atoms with van der Waals surface area (Å²) in [5.41, 5.74) is 5.47. The third-order valence-electron chi connectivity index (χ3n) is 3.24. The highest BCUT2D eigenvalue weighted by Crippen LogP contribution is 2.12. The zero-order chi connectivity index (χ0) is 17.0. The van der Waals surface area contributed by atoms with Crippen molar-refractivity contribution in [2.45, 2.75) is 27.3 Å². The van der Waals surface area contributed by atoms with Crippen LogP contribution in [0, 0.1) is 24.0 Å². The van der Waals surface area contributed by atoms with E-state index in [9.17, 15) is 14.9 Å². The topological polar surface area (TPSA) is 102 Å². The van der Waals surface area contributed by atoms with Gasteiger partial charge in [-0.1, -0.05) is 0 Å². The molecular weight excluding hydrogens is 298 g/mol. The Kier molecular flexibility index (Phi) is 4.85. The summed E-state index contributed by atoms with van der Waals surface area (Å²) in [6.45, 7) is 5.53. The number of nitro benzene ring substituents is 1. The van der Waals surface area contributed by atoms with Crippen LogP contribution in [-0.4, -0.2) is 26.3 Å². The molecule has 1 amide bonds. The zero-order valence-corrected chi connectivity index (χ0v) is 13.1. The van der Waals surface area contributed by atoms with E-state index in [2.05, 4.69) is 15.6 Å². The average molecular weight is 315 g/mol. The summed E-state index contributed by atoms with van der Waals surface area (Å²) in [4.78, 5) is 22.0. The number of benzene rings is 1. The molecule has 8 nitrogen and oxygen atoms in total. The van der Waals surface area contributed by atoms with Gasteiger partial charge >= 0.3 is 0 Å². The number of hydrogen-bond acceptors (Lipinski definition) is 5. The van der Waals surface area contributed by atoms with Gasteiger partial charge in [-0.25, -0.2) is 5.43 Å². The van der Waals surface area contributed by atoms with E-state index in [-0.39, 0.29) is 18.1 Å². The van der Waals surface area contributed by atoms with Crippen LogP contribution in [0.3, 0.4) is 0 Å². The number of nitrogens with zero attached hydrogens (tertiary/aromatic N) is 4. The normalized spacial score (nSPS) is 11.3. The SMILES string of the molecule is CC(=NNC(=O)Cn1nc(C)cc1C)c1ccc([N+](=O)[O-])cc1. The Labute approximate surface area is 133 Å². The van der Waals surface area contributed by atoms with Crippen molar-refractivity contribution < 1.29 is 9.72 Å². The summed E-state index contributed by atoms with van der Waals surface area (Å²) in [6.07, 6.45) is 0. The van der Waals surface area contributed by atoms with Crippen LogP contribution >= 0.6 is 0 Å². The number of nitro groups is 1. The second kappa shape index (κ2) is 6.82. The van der Waals surface area contributed by atoms with Crippen LogP contribution in [0.1, 0.15) is 23.9 Å². The number of amides is 1. The van der Waals surface area contributed by atoms with E-state index < -0.39 is 4.92 Å². The molecule has 0 aliphatic heterocycles. The molecule has 0 radical (unpaired) electrons. The first-order valence-electron chi connectivity index (χ1n) is 6.96. The largest absolute Gasteiger partial charge is 0.271 e. The van der Waals surface area contributed by atoms with E-state index >= 15 is 0 Å². The van der Waals surface area contributed by atoms with Crippen LogP contribution in [0.2, 0.25) is 0 Å². The van der Waals surface area contributed by atoms with Crippen molar-refractivity contribution in [2.75, 3.05) is 0 Å². The van der Waals surface area contributed by atoms with Crippen molar-refractivity contribution in [2.24, 2.45) is 5.10 Å². The molecule has 1 N–H and O–H groups in total. The number of non-ortho nitro benzene ring substituents is 1. The second-order valence-corrected chi connectivity index (χ2v) is 5.12. The maximum atomic E-state index is 11.9. The monoisotopic (exact) mass is 315 g/mol. The quantitative estimate of drug-likeness (QED) is 0.517. The molecule has 23 heavy (non-hydrogen) atoms. The molecule has 0 fully saturated rings. The van der Waals surface area contributed by atoms with Gasteiger partial charge in [0.25, 0.3) is 11.6 Å². The Morgan fingerprint density at radius 2 is 2.00 bits per heavy atom.